The van der Waals surface area contributed by atoms with E-state index in [0.29, 0.717) is 5.92 Å². The maximum Gasteiger partial charge on any atom is 0.159 e. The molecule has 3 aliphatic carbocycles. The molecule has 3 rings (SSSR count). The minimum absolute atomic E-state index is 0.0648. The van der Waals surface area contributed by atoms with Crippen molar-refractivity contribution in [3.63, 3.8) is 0 Å². The Hall–Kier alpha value is -0.890. The number of allylic oxidation sites excluding steroid dienone is 2. The fourth-order valence-corrected chi connectivity index (χ4v) is 2.87. The number of rotatable bonds is 0. The Morgan fingerprint density at radius 2 is 1.83 bits per heavy atom. The molecule has 0 saturated heterocycles. The zero-order valence-electron chi connectivity index (χ0n) is 6.55. The highest BCUT2D eigenvalue weighted by atomic mass is 16.3. The van der Waals surface area contributed by atoms with E-state index in [0.717, 1.165) is 0 Å². The first kappa shape index (κ1) is 6.61. The first-order chi connectivity index (χ1) is 5.79. The van der Waals surface area contributed by atoms with Crippen molar-refractivity contribution in [2.75, 3.05) is 0 Å². The largest absolute Gasteiger partial charge is 0.392 e. The molecule has 2 nitrogen and oxygen atoms in total. The Morgan fingerprint density at radius 3 is 2.58 bits per heavy atom. The summed E-state index contributed by atoms with van der Waals surface area (Å²) in [6.45, 7) is 0. The van der Waals surface area contributed by atoms with Gasteiger partial charge in [0.1, 0.15) is 0 Å². The molecule has 1 fully saturated rings. The van der Waals surface area contributed by atoms with Gasteiger partial charge in [0.2, 0.25) is 0 Å². The van der Waals surface area contributed by atoms with Crippen molar-refractivity contribution in [1.29, 1.82) is 0 Å². The van der Waals surface area contributed by atoms with E-state index in [4.69, 9.17) is 0 Å². The fourth-order valence-electron chi connectivity index (χ4n) is 2.87. The van der Waals surface area contributed by atoms with Crippen LogP contribution in [0.2, 0.25) is 0 Å². The molecule has 1 saturated carbocycles. The normalized spacial score (nSPS) is 53.8. The van der Waals surface area contributed by atoms with E-state index in [1.54, 1.807) is 6.08 Å². The van der Waals surface area contributed by atoms with Crippen molar-refractivity contribution < 1.29 is 9.90 Å². The summed E-state index contributed by atoms with van der Waals surface area (Å²) in [6, 6.07) is 0. The summed E-state index contributed by atoms with van der Waals surface area (Å²) < 4.78 is 0. The molecular formula is C10H10O2. The highest BCUT2D eigenvalue weighted by Crippen LogP contribution is 2.51. The van der Waals surface area contributed by atoms with Crippen LogP contribution >= 0.6 is 0 Å². The molecule has 0 heterocycles. The maximum atomic E-state index is 11.4. The molecule has 0 aromatic rings. The second kappa shape index (κ2) is 1.88. The molecule has 5 atom stereocenters. The Kier molecular flexibility index (Phi) is 1.04. The van der Waals surface area contributed by atoms with Crippen LogP contribution in [0.15, 0.2) is 24.3 Å². The van der Waals surface area contributed by atoms with Crippen molar-refractivity contribution in [3.8, 4) is 0 Å². The van der Waals surface area contributed by atoms with Crippen LogP contribution in [0, 0.1) is 23.7 Å². The van der Waals surface area contributed by atoms with Gasteiger partial charge in [0.25, 0.3) is 0 Å². The topological polar surface area (TPSA) is 37.3 Å². The van der Waals surface area contributed by atoms with Gasteiger partial charge < -0.3 is 5.11 Å². The molecule has 0 aliphatic heterocycles. The lowest BCUT2D eigenvalue weighted by molar-refractivity contribution is -0.119. The lowest BCUT2D eigenvalue weighted by Crippen LogP contribution is -2.21. The third-order valence-corrected chi connectivity index (χ3v) is 3.43. The smallest absolute Gasteiger partial charge is 0.159 e. The van der Waals surface area contributed by atoms with E-state index < -0.39 is 0 Å². The Bertz CT molecular complexity index is 303. The molecule has 1 N–H and O–H groups in total. The molecule has 12 heavy (non-hydrogen) atoms. The summed E-state index contributed by atoms with van der Waals surface area (Å²) >= 11 is 0. The SMILES string of the molecule is O=C1C=C[C@H]2[C@H]3C=C[C@H]([C@@H]3O)[C@@H]12. The van der Waals surface area contributed by atoms with Gasteiger partial charge in [-0.15, -0.1) is 0 Å². The third-order valence-electron chi connectivity index (χ3n) is 3.43. The third kappa shape index (κ3) is 0.547. The number of carbonyl (C=O) groups is 1. The monoisotopic (exact) mass is 162 g/mol. The van der Waals surface area contributed by atoms with Crippen molar-refractivity contribution >= 4 is 5.78 Å². The van der Waals surface area contributed by atoms with Gasteiger partial charge in [-0.1, -0.05) is 18.2 Å². The minimum atomic E-state index is -0.297. The minimum Gasteiger partial charge on any atom is -0.392 e. The van der Waals surface area contributed by atoms with Crippen LogP contribution in [-0.4, -0.2) is 17.0 Å². The molecule has 0 unspecified atom stereocenters. The average molecular weight is 162 g/mol. The summed E-state index contributed by atoms with van der Waals surface area (Å²) in [5, 5.41) is 9.70. The zero-order chi connectivity index (χ0) is 8.29. The Balaban J connectivity index is 2.08. The van der Waals surface area contributed by atoms with Crippen molar-refractivity contribution in [2.45, 2.75) is 6.10 Å². The summed E-state index contributed by atoms with van der Waals surface area (Å²) in [7, 11) is 0. The van der Waals surface area contributed by atoms with Gasteiger partial charge in [-0.05, 0) is 12.0 Å². The number of hydrogen-bond acceptors (Lipinski definition) is 2. The van der Waals surface area contributed by atoms with E-state index in [2.05, 4.69) is 6.08 Å². The molecule has 0 amide bonds. The van der Waals surface area contributed by atoms with Crippen molar-refractivity contribution in [1.82, 2.24) is 0 Å². The molecule has 62 valence electrons. The van der Waals surface area contributed by atoms with Gasteiger partial charge in [0, 0.05) is 17.8 Å². The first-order valence-corrected chi connectivity index (χ1v) is 4.37. The number of hydrogen-bond donors (Lipinski definition) is 1. The molecule has 2 bridgehead atoms. The predicted octanol–water partition coefficient (Wildman–Crippen LogP) is 0.534. The van der Waals surface area contributed by atoms with E-state index in [1.807, 2.05) is 12.2 Å². The summed E-state index contributed by atoms with van der Waals surface area (Å²) in [5.74, 6) is 0.874. The van der Waals surface area contributed by atoms with Crippen LogP contribution in [-0.2, 0) is 4.79 Å². The highest BCUT2D eigenvalue weighted by molar-refractivity contribution is 5.95. The lowest BCUT2D eigenvalue weighted by Gasteiger charge is -2.16. The molecule has 2 heteroatoms. The van der Waals surface area contributed by atoms with Gasteiger partial charge in [-0.3, -0.25) is 4.79 Å². The quantitative estimate of drug-likeness (QED) is 0.528. The van der Waals surface area contributed by atoms with Crippen LogP contribution in [0.1, 0.15) is 0 Å². The molecule has 3 aliphatic rings. The number of ketones is 1. The standard InChI is InChI=1S/C10H10O2/c11-8-4-3-5-6-1-2-7(9(5)8)10(6)12/h1-7,9-10,12H/t5-,6+,7-,9-,10+/m0/s1. The van der Waals surface area contributed by atoms with Crippen molar-refractivity contribution in [2.24, 2.45) is 23.7 Å². The second-order valence-electron chi connectivity index (χ2n) is 3.89. The highest BCUT2D eigenvalue weighted by Gasteiger charge is 2.54. The van der Waals surface area contributed by atoms with Gasteiger partial charge in [0.15, 0.2) is 5.78 Å². The van der Waals surface area contributed by atoms with Gasteiger partial charge in [0.05, 0.1) is 6.10 Å². The molecular weight excluding hydrogens is 152 g/mol. The number of aliphatic hydroxyl groups excluding tert-OH is 1. The van der Waals surface area contributed by atoms with E-state index in [9.17, 15) is 9.90 Å². The summed E-state index contributed by atoms with van der Waals surface area (Å²) in [6.07, 6.45) is 7.40. The molecule has 0 radical (unpaired) electrons. The average Bonchev–Trinajstić information content (AvgIpc) is 2.66. The lowest BCUT2D eigenvalue weighted by atomic mass is 9.85. The van der Waals surface area contributed by atoms with Crippen LogP contribution < -0.4 is 0 Å². The predicted molar refractivity (Wildman–Crippen MR) is 43.3 cm³/mol. The number of fused-ring (bicyclic) bond motifs is 5. The van der Waals surface area contributed by atoms with Gasteiger partial charge in [-0.25, -0.2) is 0 Å². The molecule has 0 aromatic heterocycles. The molecule has 0 aromatic carbocycles. The second-order valence-corrected chi connectivity index (χ2v) is 3.89. The van der Waals surface area contributed by atoms with E-state index in [-0.39, 0.29) is 29.6 Å². The van der Waals surface area contributed by atoms with Gasteiger partial charge in [-0.2, -0.15) is 0 Å². The Labute approximate surface area is 70.6 Å². The maximum absolute atomic E-state index is 11.4. The van der Waals surface area contributed by atoms with Crippen LogP contribution in [0.3, 0.4) is 0 Å². The van der Waals surface area contributed by atoms with E-state index >= 15 is 0 Å². The summed E-state index contributed by atoms with van der Waals surface area (Å²) in [5.41, 5.74) is 0. The number of aliphatic hydroxyl groups is 1. The number of carbonyl (C=O) groups excluding carboxylic acids is 1. The van der Waals surface area contributed by atoms with Crippen LogP contribution in [0.4, 0.5) is 0 Å². The van der Waals surface area contributed by atoms with Crippen molar-refractivity contribution in [3.05, 3.63) is 24.3 Å². The van der Waals surface area contributed by atoms with Crippen LogP contribution in [0.25, 0.3) is 0 Å². The Morgan fingerprint density at radius 1 is 1.08 bits per heavy atom. The summed E-state index contributed by atoms with van der Waals surface area (Å²) in [4.78, 5) is 11.4. The van der Waals surface area contributed by atoms with Gasteiger partial charge >= 0.3 is 0 Å². The van der Waals surface area contributed by atoms with E-state index in [1.165, 1.54) is 0 Å². The first-order valence-electron chi connectivity index (χ1n) is 4.37. The zero-order valence-corrected chi connectivity index (χ0v) is 6.55. The van der Waals surface area contributed by atoms with Crippen LogP contribution in [0.5, 0.6) is 0 Å². The molecule has 0 spiro atoms. The fraction of sp³-hybridized carbons (Fsp3) is 0.500.